The second kappa shape index (κ2) is 11.9. The molecular weight excluding hydrogens is 522 g/mol. The average molecular weight is 560 g/mol. The summed E-state index contributed by atoms with van der Waals surface area (Å²) < 4.78 is 6.08. The van der Waals surface area contributed by atoms with Gasteiger partial charge in [-0.1, -0.05) is 18.8 Å². The highest BCUT2D eigenvalue weighted by atomic mass is 35.5. The Balaban J connectivity index is 1.65. The van der Waals surface area contributed by atoms with Gasteiger partial charge in [0.1, 0.15) is 16.9 Å². The molecule has 9 heteroatoms. The van der Waals surface area contributed by atoms with Crippen molar-refractivity contribution in [3.05, 3.63) is 29.0 Å². The molecule has 7 nitrogen and oxygen atoms in total. The lowest BCUT2D eigenvalue weighted by Crippen LogP contribution is -2.62. The number of ether oxygens (including phenoxy) is 1. The van der Waals surface area contributed by atoms with Crippen molar-refractivity contribution in [2.24, 2.45) is 17.3 Å². The Morgan fingerprint density at radius 2 is 1.84 bits per heavy atom. The van der Waals surface area contributed by atoms with Crippen LogP contribution in [-0.4, -0.2) is 54.8 Å². The number of carbonyl (C=O) groups excluding carboxylic acids is 1. The molecule has 2 unspecified atom stereocenters. The van der Waals surface area contributed by atoms with E-state index in [0.29, 0.717) is 24.6 Å². The van der Waals surface area contributed by atoms with Crippen LogP contribution in [0.2, 0.25) is 5.28 Å². The number of carboxylic acids is 1. The van der Waals surface area contributed by atoms with Gasteiger partial charge in [0.25, 0.3) is 0 Å². The minimum Gasteiger partial charge on any atom is -0.480 e. The highest BCUT2D eigenvalue weighted by Gasteiger charge is 2.53. The summed E-state index contributed by atoms with van der Waals surface area (Å²) >= 11 is 7.16. The van der Waals surface area contributed by atoms with E-state index in [1.807, 2.05) is 37.2 Å². The van der Waals surface area contributed by atoms with Crippen LogP contribution >= 0.6 is 23.4 Å². The zero-order valence-electron chi connectivity index (χ0n) is 22.7. The van der Waals surface area contributed by atoms with Gasteiger partial charge in [-0.3, -0.25) is 9.59 Å². The number of hydrogen-bond acceptors (Lipinski definition) is 6. The van der Waals surface area contributed by atoms with Crippen LogP contribution in [0.15, 0.2) is 23.7 Å². The number of amides is 1. The number of nitrogens with zero attached hydrogens (tertiary/aromatic N) is 3. The fourth-order valence-electron chi connectivity index (χ4n) is 5.67. The van der Waals surface area contributed by atoms with Crippen molar-refractivity contribution in [3.63, 3.8) is 0 Å². The lowest BCUT2D eigenvalue weighted by molar-refractivity contribution is -0.147. The van der Waals surface area contributed by atoms with Crippen LogP contribution in [0.25, 0.3) is 0 Å². The molecule has 1 aliphatic heterocycles. The van der Waals surface area contributed by atoms with E-state index in [0.717, 1.165) is 38.5 Å². The van der Waals surface area contributed by atoms with Crippen molar-refractivity contribution in [3.8, 4) is 17.7 Å². The first kappa shape index (κ1) is 28.8. The molecule has 2 aliphatic carbocycles. The predicted octanol–water partition coefficient (Wildman–Crippen LogP) is 5.98. The molecule has 0 bridgehead atoms. The van der Waals surface area contributed by atoms with Crippen molar-refractivity contribution in [2.45, 2.75) is 102 Å². The van der Waals surface area contributed by atoms with E-state index in [2.05, 4.69) is 28.7 Å². The van der Waals surface area contributed by atoms with E-state index in [-0.39, 0.29) is 34.7 Å². The summed E-state index contributed by atoms with van der Waals surface area (Å²) in [7, 11) is 0. The first-order chi connectivity index (χ1) is 18.0. The molecule has 1 amide bonds. The smallest absolute Gasteiger partial charge is 0.320 e. The van der Waals surface area contributed by atoms with Crippen LogP contribution in [-0.2, 0) is 9.59 Å². The van der Waals surface area contributed by atoms with Crippen molar-refractivity contribution in [1.29, 1.82) is 0 Å². The zero-order chi connectivity index (χ0) is 27.5. The summed E-state index contributed by atoms with van der Waals surface area (Å²) in [4.78, 5) is 36.8. The van der Waals surface area contributed by atoms with Crippen LogP contribution in [0.5, 0.6) is 5.88 Å². The second-order valence-corrected chi connectivity index (χ2v) is 13.2. The fraction of sp³-hybridized carbons (Fsp3) is 0.655. The first-order valence-electron chi connectivity index (χ1n) is 13.6. The van der Waals surface area contributed by atoms with Gasteiger partial charge >= 0.3 is 5.97 Å². The van der Waals surface area contributed by atoms with Crippen LogP contribution in [0.4, 0.5) is 0 Å². The molecule has 2 fully saturated rings. The Bertz CT molecular complexity index is 1110. The van der Waals surface area contributed by atoms with Gasteiger partial charge in [-0.15, -0.1) is 11.8 Å². The molecule has 206 valence electrons. The molecule has 0 saturated heterocycles. The Kier molecular flexibility index (Phi) is 8.99. The van der Waals surface area contributed by atoms with E-state index in [9.17, 15) is 14.7 Å². The number of rotatable bonds is 6. The molecule has 0 spiro atoms. The van der Waals surface area contributed by atoms with Crippen molar-refractivity contribution < 1.29 is 19.4 Å². The number of carboxylic acid groups (broad SMARTS) is 1. The highest BCUT2D eigenvalue weighted by Crippen LogP contribution is 2.44. The number of carbonyl (C=O) groups is 2. The summed E-state index contributed by atoms with van der Waals surface area (Å²) in [5, 5.41) is 11.3. The van der Waals surface area contributed by atoms with Crippen LogP contribution in [0, 0.1) is 29.1 Å². The maximum Gasteiger partial charge on any atom is 0.320 e. The maximum absolute atomic E-state index is 14.4. The van der Waals surface area contributed by atoms with Crippen LogP contribution < -0.4 is 4.74 Å². The monoisotopic (exact) mass is 559 g/mol. The number of aliphatic carboxylic acids is 1. The third kappa shape index (κ3) is 6.66. The van der Waals surface area contributed by atoms with Gasteiger partial charge in [0.05, 0.1) is 0 Å². The van der Waals surface area contributed by atoms with Crippen LogP contribution in [0.3, 0.4) is 0 Å². The zero-order valence-corrected chi connectivity index (χ0v) is 24.2. The van der Waals surface area contributed by atoms with Gasteiger partial charge in [0.15, 0.2) is 0 Å². The summed E-state index contributed by atoms with van der Waals surface area (Å²) in [6.07, 6.45) is 9.89. The third-order valence-electron chi connectivity index (χ3n) is 7.70. The second-order valence-electron chi connectivity index (χ2n) is 11.9. The third-order valence-corrected chi connectivity index (χ3v) is 9.01. The van der Waals surface area contributed by atoms with E-state index in [4.69, 9.17) is 16.3 Å². The number of halogens is 1. The van der Waals surface area contributed by atoms with Crippen molar-refractivity contribution in [1.82, 2.24) is 14.9 Å². The first-order valence-corrected chi connectivity index (χ1v) is 14.9. The molecule has 4 rings (SSSR count). The van der Waals surface area contributed by atoms with E-state index < -0.39 is 16.8 Å². The lowest BCUT2D eigenvalue weighted by Gasteiger charge is -2.48. The number of aromatic nitrogens is 2. The van der Waals surface area contributed by atoms with Gasteiger partial charge in [-0.2, -0.15) is 4.98 Å². The largest absolute Gasteiger partial charge is 0.480 e. The molecule has 3 aliphatic rings. The molecular formula is C29H38ClN3O4S. The molecule has 1 aromatic heterocycles. The summed E-state index contributed by atoms with van der Waals surface area (Å²) in [5.74, 6) is 6.69. The minimum atomic E-state index is -1.19. The molecule has 1 aromatic rings. The quantitative estimate of drug-likeness (QED) is 0.338. The highest BCUT2D eigenvalue weighted by molar-refractivity contribution is 8.03. The van der Waals surface area contributed by atoms with E-state index >= 15 is 0 Å². The molecule has 0 aromatic carbocycles. The van der Waals surface area contributed by atoms with Gasteiger partial charge in [-0.05, 0) is 101 Å². The van der Waals surface area contributed by atoms with Gasteiger partial charge in [-0.25, -0.2) is 4.98 Å². The fourth-order valence-corrected chi connectivity index (χ4v) is 6.82. The summed E-state index contributed by atoms with van der Waals surface area (Å²) in [6, 6.07) is 1.56. The van der Waals surface area contributed by atoms with Gasteiger partial charge in [0, 0.05) is 29.6 Å². The topological polar surface area (TPSA) is 92.6 Å². The minimum absolute atomic E-state index is 0.0467. The van der Waals surface area contributed by atoms with Gasteiger partial charge in [0.2, 0.25) is 17.1 Å². The predicted molar refractivity (Wildman–Crippen MR) is 150 cm³/mol. The standard InChI is InChI=1S/C29H38ClN3O4S/c1-19-5-7-20(8-6-19)25(34)33(29(15-14-28(2,3)4)16-18-38-24(29)26(35)36)21-9-11-22(12-10-21)37-23-13-17-31-27(30)32-23/h13,16-22,24H,5-12H2,1-4H3,(H,35,36). The Hall–Kier alpha value is -2.24. The Labute approximate surface area is 235 Å². The normalized spacial score (nSPS) is 31.2. The number of thioether (sulfide) groups is 1. The SMILES string of the molecule is CC1CCC(C(=O)N(C2CCC(Oc3ccnc(Cl)n3)CC2)C2(C#CC(C)(C)C)C=CSC2C(=O)O)CC1. The van der Waals surface area contributed by atoms with E-state index in [1.165, 1.54) is 11.8 Å². The molecule has 2 saturated carbocycles. The molecule has 2 atom stereocenters. The average Bonchev–Trinajstić information content (AvgIpc) is 3.29. The Morgan fingerprint density at radius 3 is 2.45 bits per heavy atom. The molecule has 38 heavy (non-hydrogen) atoms. The maximum atomic E-state index is 14.4. The van der Waals surface area contributed by atoms with Gasteiger partial charge < -0.3 is 14.7 Å². The Morgan fingerprint density at radius 1 is 1.16 bits per heavy atom. The number of hydrogen-bond donors (Lipinski definition) is 1. The van der Waals surface area contributed by atoms with Crippen LogP contribution in [0.1, 0.15) is 79.1 Å². The van der Waals surface area contributed by atoms with Crippen molar-refractivity contribution in [2.75, 3.05) is 0 Å². The molecule has 2 heterocycles. The molecule has 0 radical (unpaired) electrons. The summed E-state index contributed by atoms with van der Waals surface area (Å²) in [6.45, 7) is 8.25. The summed E-state index contributed by atoms with van der Waals surface area (Å²) in [5.41, 5.74) is -1.53. The lowest BCUT2D eigenvalue weighted by atomic mass is 9.79. The van der Waals surface area contributed by atoms with Crippen molar-refractivity contribution >= 4 is 35.2 Å². The molecule has 1 N–H and O–H groups in total. The van der Waals surface area contributed by atoms with E-state index in [1.54, 1.807) is 12.3 Å².